The van der Waals surface area contributed by atoms with E-state index in [9.17, 15) is 13.2 Å². The molecule has 0 spiro atoms. The Balaban J connectivity index is 1.42. The second-order valence-corrected chi connectivity index (χ2v) is 7.79. The highest BCUT2D eigenvalue weighted by molar-refractivity contribution is 5.69. The Kier molecular flexibility index (Phi) is 5.66. The molecule has 0 saturated carbocycles. The topological polar surface area (TPSA) is 67.0 Å². The number of hydrogen-bond donors (Lipinski definition) is 0. The summed E-state index contributed by atoms with van der Waals surface area (Å²) < 4.78 is 55.6. The van der Waals surface area contributed by atoms with Gasteiger partial charge in [-0.25, -0.2) is 27.8 Å². The Morgan fingerprint density at radius 1 is 1.12 bits per heavy atom. The maximum absolute atomic E-state index is 13.7. The minimum Gasteiger partial charge on any atom is -0.495 e. The monoisotopic (exact) mass is 467 g/mol. The fourth-order valence-electron chi connectivity index (χ4n) is 3.84. The first-order valence-corrected chi connectivity index (χ1v) is 10.5. The van der Waals surface area contributed by atoms with Crippen LogP contribution in [0, 0.1) is 24.4 Å². The van der Waals surface area contributed by atoms with E-state index in [-0.39, 0.29) is 12.2 Å². The van der Waals surface area contributed by atoms with Crippen molar-refractivity contribution in [3.05, 3.63) is 88.8 Å². The van der Waals surface area contributed by atoms with Gasteiger partial charge in [-0.1, -0.05) is 12.1 Å². The Morgan fingerprint density at radius 3 is 2.62 bits per heavy atom. The lowest BCUT2D eigenvalue weighted by Crippen LogP contribution is -2.24. The number of rotatable bonds is 5. The van der Waals surface area contributed by atoms with Crippen LogP contribution in [0.4, 0.5) is 13.2 Å². The van der Waals surface area contributed by atoms with Crippen molar-refractivity contribution in [3.8, 4) is 11.4 Å². The molecule has 7 nitrogen and oxygen atoms in total. The van der Waals surface area contributed by atoms with Crippen molar-refractivity contribution >= 4 is 12.2 Å². The van der Waals surface area contributed by atoms with Gasteiger partial charge < -0.3 is 14.0 Å². The van der Waals surface area contributed by atoms with Crippen molar-refractivity contribution in [1.82, 2.24) is 24.3 Å². The van der Waals surface area contributed by atoms with Gasteiger partial charge in [0.05, 0.1) is 38.0 Å². The molecule has 2 aromatic carbocycles. The highest BCUT2D eigenvalue weighted by Gasteiger charge is 2.28. The zero-order chi connectivity index (χ0) is 23.8. The number of methoxy groups -OCH3 is 1. The summed E-state index contributed by atoms with van der Waals surface area (Å²) in [6.07, 6.45) is 6.33. The van der Waals surface area contributed by atoms with Crippen LogP contribution >= 0.6 is 0 Å². The molecular weight excluding hydrogens is 447 g/mol. The van der Waals surface area contributed by atoms with Gasteiger partial charge in [-0.15, -0.1) is 0 Å². The van der Waals surface area contributed by atoms with Crippen LogP contribution in [0.2, 0.25) is 0 Å². The third-order valence-corrected chi connectivity index (χ3v) is 5.47. The summed E-state index contributed by atoms with van der Waals surface area (Å²) in [6.45, 7) is 2.62. The summed E-state index contributed by atoms with van der Waals surface area (Å²) in [7, 11) is 1.60. The number of ether oxygens (including phenoxy) is 2. The second kappa shape index (κ2) is 8.79. The number of aromatic nitrogens is 5. The zero-order valence-electron chi connectivity index (χ0n) is 18.4. The average Bonchev–Trinajstić information content (AvgIpc) is 3.46. The lowest BCUT2D eigenvalue weighted by molar-refractivity contribution is 0.0385. The predicted molar refractivity (Wildman–Crippen MR) is 118 cm³/mol. The van der Waals surface area contributed by atoms with Crippen LogP contribution < -0.4 is 4.74 Å². The largest absolute Gasteiger partial charge is 0.495 e. The van der Waals surface area contributed by atoms with Gasteiger partial charge in [0.1, 0.15) is 11.9 Å². The molecule has 0 amide bonds. The van der Waals surface area contributed by atoms with E-state index < -0.39 is 23.6 Å². The molecular formula is C24H20F3N5O2. The van der Waals surface area contributed by atoms with Crippen LogP contribution in [-0.2, 0) is 11.3 Å². The highest BCUT2D eigenvalue weighted by atomic mass is 19.2. The van der Waals surface area contributed by atoms with Gasteiger partial charge in [-0.3, -0.25) is 0 Å². The molecule has 0 N–H and O–H groups in total. The number of benzene rings is 2. The third-order valence-electron chi connectivity index (χ3n) is 5.47. The molecule has 0 unspecified atom stereocenters. The van der Waals surface area contributed by atoms with E-state index in [1.807, 2.05) is 42.0 Å². The van der Waals surface area contributed by atoms with Crippen molar-refractivity contribution in [1.29, 1.82) is 0 Å². The van der Waals surface area contributed by atoms with Gasteiger partial charge in [0.2, 0.25) is 0 Å². The van der Waals surface area contributed by atoms with E-state index in [1.54, 1.807) is 24.2 Å². The molecule has 1 aliphatic rings. The maximum atomic E-state index is 13.7. The van der Waals surface area contributed by atoms with E-state index in [0.717, 1.165) is 29.1 Å². The van der Waals surface area contributed by atoms with Crippen molar-refractivity contribution in [2.75, 3.05) is 13.7 Å². The molecule has 0 aliphatic carbocycles. The van der Waals surface area contributed by atoms with Crippen LogP contribution in [0.5, 0.6) is 5.75 Å². The lowest BCUT2D eigenvalue weighted by atomic mass is 10.1. The van der Waals surface area contributed by atoms with E-state index >= 15 is 0 Å². The van der Waals surface area contributed by atoms with Crippen LogP contribution in [0.15, 0.2) is 42.9 Å². The molecule has 3 heterocycles. The van der Waals surface area contributed by atoms with E-state index in [4.69, 9.17) is 9.47 Å². The molecule has 0 saturated heterocycles. The summed E-state index contributed by atoms with van der Waals surface area (Å²) in [5.74, 6) is -2.61. The summed E-state index contributed by atoms with van der Waals surface area (Å²) >= 11 is 0. The molecule has 1 aliphatic heterocycles. The second-order valence-electron chi connectivity index (χ2n) is 7.79. The van der Waals surface area contributed by atoms with Crippen LogP contribution in [0.3, 0.4) is 0 Å². The van der Waals surface area contributed by atoms with Crippen molar-refractivity contribution in [2.45, 2.75) is 19.6 Å². The van der Waals surface area contributed by atoms with Gasteiger partial charge in [-0.2, -0.15) is 5.10 Å². The number of nitrogens with zero attached hydrogens (tertiary/aromatic N) is 5. The number of aryl methyl sites for hydroxylation is 1. The molecule has 10 heteroatoms. The molecule has 174 valence electrons. The molecule has 0 bridgehead atoms. The zero-order valence-corrected chi connectivity index (χ0v) is 18.4. The normalized spacial score (nSPS) is 15.6. The molecule has 0 fully saturated rings. The molecule has 2 aromatic heterocycles. The third kappa shape index (κ3) is 4.08. The number of halogens is 3. The van der Waals surface area contributed by atoms with Crippen molar-refractivity contribution in [2.24, 2.45) is 0 Å². The first kappa shape index (κ1) is 21.9. The van der Waals surface area contributed by atoms with Gasteiger partial charge in [0, 0.05) is 6.20 Å². The Hall–Kier alpha value is -3.92. The van der Waals surface area contributed by atoms with Crippen molar-refractivity contribution < 1.29 is 22.6 Å². The van der Waals surface area contributed by atoms with Gasteiger partial charge in [0.25, 0.3) is 0 Å². The molecule has 1 atom stereocenters. The Morgan fingerprint density at radius 2 is 1.91 bits per heavy atom. The average molecular weight is 467 g/mol. The summed E-state index contributed by atoms with van der Waals surface area (Å²) in [5, 5.41) is 4.45. The molecule has 5 rings (SSSR count). The van der Waals surface area contributed by atoms with Gasteiger partial charge in [0.15, 0.2) is 29.1 Å². The molecule has 34 heavy (non-hydrogen) atoms. The van der Waals surface area contributed by atoms with E-state index in [2.05, 4.69) is 15.1 Å². The van der Waals surface area contributed by atoms with Gasteiger partial charge >= 0.3 is 0 Å². The minimum atomic E-state index is -1.52. The minimum absolute atomic E-state index is 0.135. The van der Waals surface area contributed by atoms with Crippen LogP contribution in [-0.4, -0.2) is 38.0 Å². The number of fused-ring (bicyclic) bond motifs is 1. The summed E-state index contributed by atoms with van der Waals surface area (Å²) in [5.41, 5.74) is 2.75. The summed E-state index contributed by atoms with van der Waals surface area (Å²) in [6, 6.07) is 7.56. The first-order chi connectivity index (χ1) is 16.4. The lowest BCUT2D eigenvalue weighted by Gasteiger charge is -2.23. The van der Waals surface area contributed by atoms with Gasteiger partial charge in [-0.05, 0) is 48.4 Å². The fourth-order valence-corrected chi connectivity index (χ4v) is 3.84. The molecule has 4 aromatic rings. The maximum Gasteiger partial charge on any atom is 0.194 e. The molecule has 0 radical (unpaired) electrons. The Labute approximate surface area is 193 Å². The standard InChI is InChI=1S/C24H20F3N5O2/c1-14-12-31(13-28-14)19-5-3-15(9-20(19)33-2)4-6-21-29-24-23(34-8-7-32(24)30-21)16-10-17(25)22(27)18(26)11-16/h3-6,9-13,23H,7-8H2,1-2H3/t23-/m1/s1. The van der Waals surface area contributed by atoms with Crippen molar-refractivity contribution in [3.63, 3.8) is 0 Å². The predicted octanol–water partition coefficient (Wildman–Crippen LogP) is 4.49. The highest BCUT2D eigenvalue weighted by Crippen LogP contribution is 2.30. The summed E-state index contributed by atoms with van der Waals surface area (Å²) in [4.78, 5) is 8.72. The SMILES string of the molecule is COc1cc(C=Cc2nc3n(n2)CCO[C@@H]3c2cc(F)c(F)c(F)c2)ccc1-n1cnc(C)c1. The number of imidazole rings is 1. The number of hydrogen-bond acceptors (Lipinski definition) is 5. The first-order valence-electron chi connectivity index (χ1n) is 10.5. The fraction of sp³-hybridized carbons (Fsp3) is 0.208. The smallest absolute Gasteiger partial charge is 0.194 e. The van der Waals surface area contributed by atoms with Crippen LogP contribution in [0.1, 0.15) is 34.6 Å². The van der Waals surface area contributed by atoms with Crippen LogP contribution in [0.25, 0.3) is 17.8 Å². The Bertz CT molecular complexity index is 1370. The van der Waals surface area contributed by atoms with E-state index in [0.29, 0.717) is 23.9 Å². The van der Waals surface area contributed by atoms with E-state index in [1.165, 1.54) is 0 Å². The quantitative estimate of drug-likeness (QED) is 0.405.